The summed E-state index contributed by atoms with van der Waals surface area (Å²) < 4.78 is 2.13. The van der Waals surface area contributed by atoms with Crippen molar-refractivity contribution in [3.63, 3.8) is 0 Å². The fraction of sp³-hybridized carbons (Fsp3) is 0.300. The molecule has 2 N–H and O–H groups in total. The molecule has 3 nitrogen and oxygen atoms in total. The van der Waals surface area contributed by atoms with Crippen molar-refractivity contribution in [1.29, 1.82) is 0 Å². The van der Waals surface area contributed by atoms with Gasteiger partial charge in [-0.15, -0.1) is 0 Å². The van der Waals surface area contributed by atoms with Crippen LogP contribution in [0, 0.1) is 13.8 Å². The van der Waals surface area contributed by atoms with E-state index in [1.54, 1.807) is 0 Å². The summed E-state index contributed by atoms with van der Waals surface area (Å²) in [5.41, 5.74) is 8.90. The molecule has 2 aromatic rings. The Morgan fingerprint density at radius 2 is 2.15 bits per heavy atom. The number of pyridine rings is 1. The van der Waals surface area contributed by atoms with Gasteiger partial charge in [0.2, 0.25) is 0 Å². The van der Waals surface area contributed by atoms with Crippen molar-refractivity contribution in [1.82, 2.24) is 9.38 Å². The third kappa shape index (κ3) is 1.12. The summed E-state index contributed by atoms with van der Waals surface area (Å²) in [7, 11) is 0. The molecule has 0 bridgehead atoms. The lowest BCUT2D eigenvalue weighted by Gasteiger charge is -2.00. The minimum absolute atomic E-state index is 0.501. The van der Waals surface area contributed by atoms with Gasteiger partial charge in [0.15, 0.2) is 0 Å². The van der Waals surface area contributed by atoms with Gasteiger partial charge in [0.05, 0.1) is 11.2 Å². The molecule has 0 fully saturated rings. The molecule has 0 unspecified atom stereocenters. The van der Waals surface area contributed by atoms with Crippen LogP contribution in [-0.2, 0) is 6.54 Å². The van der Waals surface area contributed by atoms with Gasteiger partial charge in [0, 0.05) is 12.2 Å². The maximum atomic E-state index is 5.60. The van der Waals surface area contributed by atoms with E-state index < -0.39 is 0 Å². The van der Waals surface area contributed by atoms with E-state index in [1.807, 2.05) is 13.0 Å². The van der Waals surface area contributed by atoms with E-state index in [1.165, 1.54) is 5.69 Å². The number of hydrogen-bond acceptors (Lipinski definition) is 2. The molecule has 13 heavy (non-hydrogen) atoms. The first-order valence-corrected chi connectivity index (χ1v) is 4.37. The predicted octanol–water partition coefficient (Wildman–Crippen LogP) is 1.41. The van der Waals surface area contributed by atoms with E-state index in [0.29, 0.717) is 6.54 Å². The molecule has 3 heteroatoms. The molecule has 0 radical (unpaired) electrons. The normalized spacial score (nSPS) is 11.0. The number of nitrogens with two attached hydrogens (primary N) is 1. The number of fused-ring (bicyclic) bond motifs is 1. The highest BCUT2D eigenvalue weighted by molar-refractivity contribution is 5.54. The molecular formula is C10H13N3. The second kappa shape index (κ2) is 2.85. The van der Waals surface area contributed by atoms with E-state index in [0.717, 1.165) is 17.0 Å². The number of nitrogens with zero attached hydrogens (tertiary/aromatic N) is 2. The van der Waals surface area contributed by atoms with Crippen molar-refractivity contribution >= 4 is 5.52 Å². The molecule has 0 aliphatic carbocycles. The Hall–Kier alpha value is -1.35. The van der Waals surface area contributed by atoms with Gasteiger partial charge in [-0.3, -0.25) is 0 Å². The van der Waals surface area contributed by atoms with Crippen LogP contribution in [0.1, 0.15) is 17.2 Å². The van der Waals surface area contributed by atoms with Crippen LogP contribution in [0.2, 0.25) is 0 Å². The maximum absolute atomic E-state index is 5.60. The molecule has 0 spiro atoms. The minimum atomic E-state index is 0.501. The largest absolute Gasteiger partial charge is 0.325 e. The first-order chi connectivity index (χ1) is 6.24. The van der Waals surface area contributed by atoms with Gasteiger partial charge in [0.25, 0.3) is 0 Å². The SMILES string of the molecule is Cc1cccc2c(CN)nc(C)n12. The maximum Gasteiger partial charge on any atom is 0.110 e. The molecule has 0 aliphatic rings. The average Bonchev–Trinajstić information content (AvgIpc) is 2.44. The smallest absolute Gasteiger partial charge is 0.110 e. The summed E-state index contributed by atoms with van der Waals surface area (Å²) in [6.45, 7) is 4.57. The van der Waals surface area contributed by atoms with Crippen LogP contribution in [0.15, 0.2) is 18.2 Å². The number of aromatic nitrogens is 2. The van der Waals surface area contributed by atoms with Gasteiger partial charge in [-0.1, -0.05) is 6.07 Å². The molecule has 0 amide bonds. The number of imidazole rings is 1. The lowest BCUT2D eigenvalue weighted by Crippen LogP contribution is -1.97. The monoisotopic (exact) mass is 175 g/mol. The fourth-order valence-electron chi connectivity index (χ4n) is 1.73. The van der Waals surface area contributed by atoms with Gasteiger partial charge in [-0.2, -0.15) is 0 Å². The van der Waals surface area contributed by atoms with E-state index in [-0.39, 0.29) is 0 Å². The highest BCUT2D eigenvalue weighted by Crippen LogP contribution is 2.14. The Morgan fingerprint density at radius 3 is 2.85 bits per heavy atom. The van der Waals surface area contributed by atoms with Crippen molar-refractivity contribution in [3.8, 4) is 0 Å². The number of rotatable bonds is 1. The van der Waals surface area contributed by atoms with Crippen molar-refractivity contribution in [2.24, 2.45) is 5.73 Å². The van der Waals surface area contributed by atoms with Crippen LogP contribution in [0.3, 0.4) is 0 Å². The molecule has 0 aliphatic heterocycles. The molecule has 68 valence electrons. The summed E-state index contributed by atoms with van der Waals surface area (Å²) >= 11 is 0. The summed E-state index contributed by atoms with van der Waals surface area (Å²) in [6.07, 6.45) is 0. The summed E-state index contributed by atoms with van der Waals surface area (Å²) in [5, 5.41) is 0. The van der Waals surface area contributed by atoms with Crippen LogP contribution < -0.4 is 5.73 Å². The standard InChI is InChI=1S/C10H13N3/c1-7-4-3-5-10-9(6-11)12-8(2)13(7)10/h3-5H,6,11H2,1-2H3. The van der Waals surface area contributed by atoms with Crippen molar-refractivity contribution in [3.05, 3.63) is 35.4 Å². The molecule has 0 saturated carbocycles. The Balaban J connectivity index is 2.87. The molecule has 0 aromatic carbocycles. The van der Waals surface area contributed by atoms with Crippen molar-refractivity contribution in [2.45, 2.75) is 20.4 Å². The summed E-state index contributed by atoms with van der Waals surface area (Å²) in [5.74, 6) is 1.01. The molecule has 2 aromatic heterocycles. The zero-order valence-electron chi connectivity index (χ0n) is 7.91. The van der Waals surface area contributed by atoms with Crippen molar-refractivity contribution in [2.75, 3.05) is 0 Å². The predicted molar refractivity (Wildman–Crippen MR) is 52.6 cm³/mol. The van der Waals surface area contributed by atoms with E-state index >= 15 is 0 Å². The van der Waals surface area contributed by atoms with Gasteiger partial charge in [-0.05, 0) is 26.0 Å². The van der Waals surface area contributed by atoms with Crippen LogP contribution >= 0.6 is 0 Å². The topological polar surface area (TPSA) is 43.3 Å². The Bertz CT molecular complexity index is 443. The Kier molecular flexibility index (Phi) is 1.81. The van der Waals surface area contributed by atoms with E-state index in [4.69, 9.17) is 5.73 Å². The summed E-state index contributed by atoms with van der Waals surface area (Å²) in [6, 6.07) is 6.15. The third-order valence-electron chi connectivity index (χ3n) is 2.29. The Labute approximate surface area is 77.2 Å². The van der Waals surface area contributed by atoms with Gasteiger partial charge >= 0.3 is 0 Å². The second-order valence-electron chi connectivity index (χ2n) is 3.20. The van der Waals surface area contributed by atoms with Crippen LogP contribution in [0.25, 0.3) is 5.52 Å². The third-order valence-corrected chi connectivity index (χ3v) is 2.29. The summed E-state index contributed by atoms with van der Waals surface area (Å²) in [4.78, 5) is 4.41. The van der Waals surface area contributed by atoms with Gasteiger partial charge in [-0.25, -0.2) is 4.98 Å². The van der Waals surface area contributed by atoms with Crippen LogP contribution in [-0.4, -0.2) is 9.38 Å². The minimum Gasteiger partial charge on any atom is -0.325 e. The highest BCUT2D eigenvalue weighted by Gasteiger charge is 2.06. The van der Waals surface area contributed by atoms with E-state index in [9.17, 15) is 0 Å². The van der Waals surface area contributed by atoms with Gasteiger partial charge < -0.3 is 10.1 Å². The highest BCUT2D eigenvalue weighted by atomic mass is 15.0. The lowest BCUT2D eigenvalue weighted by atomic mass is 10.3. The van der Waals surface area contributed by atoms with Crippen LogP contribution in [0.4, 0.5) is 0 Å². The fourth-order valence-corrected chi connectivity index (χ4v) is 1.73. The van der Waals surface area contributed by atoms with Crippen molar-refractivity contribution < 1.29 is 0 Å². The zero-order chi connectivity index (χ0) is 9.42. The molecule has 2 rings (SSSR count). The van der Waals surface area contributed by atoms with E-state index in [2.05, 4.69) is 28.4 Å². The zero-order valence-corrected chi connectivity index (χ0v) is 7.91. The second-order valence-corrected chi connectivity index (χ2v) is 3.20. The molecule has 0 saturated heterocycles. The molecule has 0 atom stereocenters. The average molecular weight is 175 g/mol. The first-order valence-electron chi connectivity index (χ1n) is 4.37. The van der Waals surface area contributed by atoms with Gasteiger partial charge in [0.1, 0.15) is 5.82 Å². The Morgan fingerprint density at radius 1 is 1.38 bits per heavy atom. The quantitative estimate of drug-likeness (QED) is 0.712. The number of aryl methyl sites for hydroxylation is 2. The lowest BCUT2D eigenvalue weighted by molar-refractivity contribution is 0.974. The molecular weight excluding hydrogens is 162 g/mol. The molecule has 2 heterocycles. The first kappa shape index (κ1) is 8.26. The number of hydrogen-bond donors (Lipinski definition) is 1. The van der Waals surface area contributed by atoms with Crippen LogP contribution in [0.5, 0.6) is 0 Å².